The lowest BCUT2D eigenvalue weighted by Gasteiger charge is -2.36. The van der Waals surface area contributed by atoms with Gasteiger partial charge in [-0.15, -0.1) is 0 Å². The molecule has 1 fully saturated rings. The standard InChI is InChI=1S/C12H21N3O5/c1-3-20-12(18)9(14-8(2)16)10(11(13)17)15-4-6-19-7-5-15/h9-10H,3-7H2,1-2H3,(H2,13,17)(H,14,16). The van der Waals surface area contributed by atoms with Crippen LogP contribution in [0, 0.1) is 0 Å². The van der Waals surface area contributed by atoms with Crippen LogP contribution < -0.4 is 11.1 Å². The Morgan fingerprint density at radius 3 is 2.40 bits per heavy atom. The molecule has 0 aromatic carbocycles. The fourth-order valence-corrected chi connectivity index (χ4v) is 2.13. The molecule has 2 unspecified atom stereocenters. The molecule has 3 N–H and O–H groups in total. The molecule has 0 aliphatic carbocycles. The zero-order chi connectivity index (χ0) is 15.1. The Bertz CT molecular complexity index is 368. The van der Waals surface area contributed by atoms with Gasteiger partial charge in [-0.1, -0.05) is 0 Å². The van der Waals surface area contributed by atoms with E-state index in [4.69, 9.17) is 15.2 Å². The summed E-state index contributed by atoms with van der Waals surface area (Å²) in [6, 6.07) is -2.05. The van der Waals surface area contributed by atoms with E-state index < -0.39 is 29.9 Å². The highest BCUT2D eigenvalue weighted by Crippen LogP contribution is 2.10. The van der Waals surface area contributed by atoms with Crippen molar-refractivity contribution in [3.63, 3.8) is 0 Å². The fourth-order valence-electron chi connectivity index (χ4n) is 2.13. The summed E-state index contributed by atoms with van der Waals surface area (Å²) in [5, 5.41) is 2.45. The van der Waals surface area contributed by atoms with Crippen molar-refractivity contribution < 1.29 is 23.9 Å². The monoisotopic (exact) mass is 287 g/mol. The van der Waals surface area contributed by atoms with E-state index >= 15 is 0 Å². The number of nitrogens with one attached hydrogen (secondary N) is 1. The summed E-state index contributed by atoms with van der Waals surface area (Å²) >= 11 is 0. The van der Waals surface area contributed by atoms with Gasteiger partial charge in [0, 0.05) is 20.0 Å². The molecule has 0 saturated carbocycles. The second-order valence-corrected chi connectivity index (χ2v) is 4.43. The highest BCUT2D eigenvalue weighted by atomic mass is 16.5. The third-order valence-electron chi connectivity index (χ3n) is 2.95. The first kappa shape index (κ1) is 16.4. The van der Waals surface area contributed by atoms with Crippen molar-refractivity contribution in [2.24, 2.45) is 5.73 Å². The SMILES string of the molecule is CCOC(=O)C(NC(C)=O)C(C(N)=O)N1CCOCC1. The number of hydrogen-bond donors (Lipinski definition) is 2. The van der Waals surface area contributed by atoms with Crippen molar-refractivity contribution in [2.75, 3.05) is 32.9 Å². The Morgan fingerprint density at radius 1 is 1.35 bits per heavy atom. The van der Waals surface area contributed by atoms with E-state index in [9.17, 15) is 14.4 Å². The third kappa shape index (κ3) is 4.46. The lowest BCUT2D eigenvalue weighted by molar-refractivity contribution is -0.152. The van der Waals surface area contributed by atoms with Crippen LogP contribution >= 0.6 is 0 Å². The molecule has 114 valence electrons. The largest absolute Gasteiger partial charge is 0.464 e. The van der Waals surface area contributed by atoms with Crippen LogP contribution in [0.15, 0.2) is 0 Å². The minimum absolute atomic E-state index is 0.156. The molecule has 1 heterocycles. The van der Waals surface area contributed by atoms with Crippen LogP contribution in [0.3, 0.4) is 0 Å². The van der Waals surface area contributed by atoms with Gasteiger partial charge in [0.2, 0.25) is 11.8 Å². The van der Waals surface area contributed by atoms with Gasteiger partial charge in [0.1, 0.15) is 6.04 Å². The predicted octanol–water partition coefficient (Wildman–Crippen LogP) is -1.76. The molecule has 1 saturated heterocycles. The van der Waals surface area contributed by atoms with Crippen LogP contribution in [0.4, 0.5) is 0 Å². The quantitative estimate of drug-likeness (QED) is 0.560. The summed E-state index contributed by atoms with van der Waals surface area (Å²) in [5.74, 6) is -1.78. The summed E-state index contributed by atoms with van der Waals surface area (Å²) in [6.07, 6.45) is 0. The maximum atomic E-state index is 12.0. The third-order valence-corrected chi connectivity index (χ3v) is 2.95. The van der Waals surface area contributed by atoms with Crippen LogP contribution in [0.25, 0.3) is 0 Å². The van der Waals surface area contributed by atoms with Gasteiger partial charge in [-0.05, 0) is 6.92 Å². The molecule has 0 radical (unpaired) electrons. The van der Waals surface area contributed by atoms with E-state index in [-0.39, 0.29) is 6.61 Å². The molecule has 0 bridgehead atoms. The van der Waals surface area contributed by atoms with Gasteiger partial charge in [-0.3, -0.25) is 14.5 Å². The van der Waals surface area contributed by atoms with E-state index in [1.54, 1.807) is 11.8 Å². The van der Waals surface area contributed by atoms with Gasteiger partial charge in [0.15, 0.2) is 6.04 Å². The Labute approximate surface area is 117 Å². The molecular formula is C12H21N3O5. The van der Waals surface area contributed by atoms with Crippen molar-refractivity contribution in [3.8, 4) is 0 Å². The van der Waals surface area contributed by atoms with Crippen molar-refractivity contribution in [1.82, 2.24) is 10.2 Å². The summed E-state index contributed by atoms with van der Waals surface area (Å²) < 4.78 is 10.1. The zero-order valence-corrected chi connectivity index (χ0v) is 11.8. The number of ether oxygens (including phenoxy) is 2. The van der Waals surface area contributed by atoms with E-state index in [0.29, 0.717) is 26.3 Å². The lowest BCUT2D eigenvalue weighted by atomic mass is 10.0. The molecule has 8 nitrogen and oxygen atoms in total. The molecule has 1 rings (SSSR count). The molecule has 2 amide bonds. The minimum Gasteiger partial charge on any atom is -0.464 e. The normalized spacial score (nSPS) is 18.9. The smallest absolute Gasteiger partial charge is 0.330 e. The molecular weight excluding hydrogens is 266 g/mol. The number of rotatable bonds is 6. The summed E-state index contributed by atoms with van der Waals surface area (Å²) in [4.78, 5) is 36.7. The first-order valence-corrected chi connectivity index (χ1v) is 6.52. The zero-order valence-electron chi connectivity index (χ0n) is 11.8. The fraction of sp³-hybridized carbons (Fsp3) is 0.750. The molecule has 0 aromatic rings. The van der Waals surface area contributed by atoms with E-state index in [2.05, 4.69) is 5.32 Å². The second kappa shape index (κ2) is 7.81. The number of hydrogen-bond acceptors (Lipinski definition) is 6. The first-order chi connectivity index (χ1) is 9.47. The molecule has 20 heavy (non-hydrogen) atoms. The van der Waals surface area contributed by atoms with E-state index in [1.165, 1.54) is 6.92 Å². The van der Waals surface area contributed by atoms with E-state index in [1.807, 2.05) is 0 Å². The van der Waals surface area contributed by atoms with Crippen molar-refractivity contribution >= 4 is 17.8 Å². The first-order valence-electron chi connectivity index (χ1n) is 6.52. The highest BCUT2D eigenvalue weighted by Gasteiger charge is 2.39. The summed E-state index contributed by atoms with van der Waals surface area (Å²) in [6.45, 7) is 4.88. The van der Waals surface area contributed by atoms with Gasteiger partial charge in [0.05, 0.1) is 19.8 Å². The van der Waals surface area contributed by atoms with E-state index in [0.717, 1.165) is 0 Å². The summed E-state index contributed by atoms with van der Waals surface area (Å²) in [7, 11) is 0. The van der Waals surface area contributed by atoms with Crippen LogP contribution in [0.2, 0.25) is 0 Å². The van der Waals surface area contributed by atoms with Gasteiger partial charge in [-0.2, -0.15) is 0 Å². The van der Waals surface area contributed by atoms with Gasteiger partial charge < -0.3 is 20.5 Å². The average Bonchev–Trinajstić information content (AvgIpc) is 2.38. The van der Waals surface area contributed by atoms with Crippen LogP contribution in [-0.4, -0.2) is 67.7 Å². The van der Waals surface area contributed by atoms with Gasteiger partial charge in [-0.25, -0.2) is 4.79 Å². The number of nitrogens with zero attached hydrogens (tertiary/aromatic N) is 1. The Balaban J connectivity index is 2.93. The van der Waals surface area contributed by atoms with Crippen molar-refractivity contribution in [1.29, 1.82) is 0 Å². The van der Waals surface area contributed by atoms with Crippen molar-refractivity contribution in [2.45, 2.75) is 25.9 Å². The molecule has 0 aromatic heterocycles. The molecule has 8 heteroatoms. The van der Waals surface area contributed by atoms with Gasteiger partial charge >= 0.3 is 5.97 Å². The number of carbonyl (C=O) groups is 3. The Morgan fingerprint density at radius 2 is 1.95 bits per heavy atom. The minimum atomic E-state index is -1.11. The number of morpholine rings is 1. The number of esters is 1. The number of primary amides is 1. The Kier molecular flexibility index (Phi) is 6.40. The van der Waals surface area contributed by atoms with Crippen LogP contribution in [-0.2, 0) is 23.9 Å². The molecule has 0 spiro atoms. The average molecular weight is 287 g/mol. The molecule has 2 atom stereocenters. The second-order valence-electron chi connectivity index (χ2n) is 4.43. The maximum absolute atomic E-state index is 12.0. The molecule has 1 aliphatic heterocycles. The predicted molar refractivity (Wildman–Crippen MR) is 69.6 cm³/mol. The maximum Gasteiger partial charge on any atom is 0.330 e. The Hall–Kier alpha value is -1.67. The van der Waals surface area contributed by atoms with Gasteiger partial charge in [0.25, 0.3) is 0 Å². The van der Waals surface area contributed by atoms with Crippen molar-refractivity contribution in [3.05, 3.63) is 0 Å². The summed E-state index contributed by atoms with van der Waals surface area (Å²) in [5.41, 5.74) is 5.40. The highest BCUT2D eigenvalue weighted by molar-refractivity contribution is 5.92. The lowest BCUT2D eigenvalue weighted by Crippen LogP contribution is -2.62. The van der Waals surface area contributed by atoms with Crippen LogP contribution in [0.1, 0.15) is 13.8 Å². The topological polar surface area (TPSA) is 111 Å². The number of carbonyl (C=O) groups excluding carboxylic acids is 3. The number of nitrogens with two attached hydrogens (primary N) is 1. The number of amides is 2. The van der Waals surface area contributed by atoms with Crippen LogP contribution in [0.5, 0.6) is 0 Å². The molecule has 1 aliphatic rings.